The smallest absolute Gasteiger partial charge is 0.328 e. The molecule has 0 unspecified atom stereocenters. The van der Waals surface area contributed by atoms with E-state index >= 15 is 0 Å². The number of terminal acetylenes is 1. The quantitative estimate of drug-likeness (QED) is 0.583. The van der Waals surface area contributed by atoms with Crippen LogP contribution in [0.4, 0.5) is 0 Å². The maximum atomic E-state index is 11.9. The average molecular weight is 279 g/mol. The summed E-state index contributed by atoms with van der Waals surface area (Å²) in [6, 6.07) is -0.778. The van der Waals surface area contributed by atoms with Crippen LogP contribution in [0.2, 0.25) is 0 Å². The van der Waals surface area contributed by atoms with Crippen LogP contribution in [-0.2, 0) is 19.1 Å². The van der Waals surface area contributed by atoms with Gasteiger partial charge in [0.25, 0.3) is 0 Å². The van der Waals surface area contributed by atoms with Crippen LogP contribution in [0.3, 0.4) is 0 Å². The molecule has 0 aromatic heterocycles. The molecule has 0 aromatic rings. The van der Waals surface area contributed by atoms with Crippen molar-refractivity contribution >= 4 is 17.7 Å². The third-order valence-electron chi connectivity index (χ3n) is 3.63. The number of methoxy groups -OCH3 is 1. The molecular weight excluding hydrogens is 258 g/mol. The molecule has 1 aliphatic carbocycles. The fraction of sp³-hybridized carbons (Fsp3) is 0.667. The summed E-state index contributed by atoms with van der Waals surface area (Å²) < 4.78 is 4.69. The number of rotatable bonds is 6. The highest BCUT2D eigenvalue weighted by atomic mass is 16.5. The molecule has 1 aliphatic rings. The van der Waals surface area contributed by atoms with Gasteiger partial charge in [0.2, 0.25) is 5.91 Å². The van der Waals surface area contributed by atoms with Gasteiger partial charge >= 0.3 is 5.97 Å². The second kappa shape index (κ2) is 7.68. The highest BCUT2D eigenvalue weighted by Gasteiger charge is 2.32. The minimum absolute atomic E-state index is 0.157. The summed E-state index contributed by atoms with van der Waals surface area (Å²) in [5, 5.41) is 2.64. The zero-order valence-corrected chi connectivity index (χ0v) is 12.0. The fourth-order valence-corrected chi connectivity index (χ4v) is 2.36. The van der Waals surface area contributed by atoms with Crippen LogP contribution >= 0.6 is 0 Å². The van der Waals surface area contributed by atoms with Crippen molar-refractivity contribution in [3.05, 3.63) is 0 Å². The average Bonchev–Trinajstić information content (AvgIpc) is 2.82. The Hall–Kier alpha value is -1.83. The summed E-state index contributed by atoms with van der Waals surface area (Å²) in [7, 11) is 1.27. The Kier molecular flexibility index (Phi) is 6.23. The van der Waals surface area contributed by atoms with E-state index in [1.807, 2.05) is 0 Å². The fourth-order valence-electron chi connectivity index (χ4n) is 2.36. The molecule has 1 amide bonds. The van der Waals surface area contributed by atoms with Gasteiger partial charge in [0, 0.05) is 24.7 Å². The Labute approximate surface area is 119 Å². The van der Waals surface area contributed by atoms with Gasteiger partial charge in [-0.3, -0.25) is 9.59 Å². The van der Waals surface area contributed by atoms with E-state index < -0.39 is 12.0 Å². The molecule has 1 fully saturated rings. The van der Waals surface area contributed by atoms with E-state index in [2.05, 4.69) is 11.2 Å². The number of ether oxygens (including phenoxy) is 1. The van der Waals surface area contributed by atoms with Crippen molar-refractivity contribution in [1.29, 1.82) is 0 Å². The lowest BCUT2D eigenvalue weighted by Crippen LogP contribution is -2.45. The van der Waals surface area contributed by atoms with E-state index in [1.165, 1.54) is 7.11 Å². The number of ketones is 1. The predicted octanol–water partition coefficient (Wildman–Crippen LogP) is 1.06. The van der Waals surface area contributed by atoms with E-state index in [4.69, 9.17) is 11.2 Å². The molecule has 110 valence electrons. The molecule has 5 heteroatoms. The second-order valence-corrected chi connectivity index (χ2v) is 5.18. The van der Waals surface area contributed by atoms with Crippen molar-refractivity contribution in [2.45, 2.75) is 45.1 Å². The standard InChI is InChI=1S/C15H21NO4/c1-4-6-10(2)14(18)16-12(15(19)20-3)9-11-7-5-8-13(11)17/h1,10-12H,5-9H2,2-3H3,(H,16,18)/t10-,11-,12-/m0/s1. The molecule has 0 spiro atoms. The van der Waals surface area contributed by atoms with Gasteiger partial charge in [-0.05, 0) is 19.3 Å². The normalized spacial score (nSPS) is 20.9. The summed E-state index contributed by atoms with van der Waals surface area (Å²) in [5.74, 6) is 1.23. The van der Waals surface area contributed by atoms with Crippen molar-refractivity contribution in [2.24, 2.45) is 11.8 Å². The number of amides is 1. The maximum absolute atomic E-state index is 11.9. The van der Waals surface area contributed by atoms with E-state index in [9.17, 15) is 14.4 Å². The zero-order chi connectivity index (χ0) is 15.1. The molecule has 3 atom stereocenters. The Morgan fingerprint density at radius 1 is 1.55 bits per heavy atom. The van der Waals surface area contributed by atoms with Gasteiger partial charge in [0.15, 0.2) is 0 Å². The number of carbonyl (C=O) groups is 3. The molecular formula is C15H21NO4. The van der Waals surface area contributed by atoms with Crippen LogP contribution in [0.15, 0.2) is 0 Å². The van der Waals surface area contributed by atoms with Crippen molar-refractivity contribution in [3.63, 3.8) is 0 Å². The van der Waals surface area contributed by atoms with E-state index in [0.717, 1.165) is 12.8 Å². The summed E-state index contributed by atoms with van der Waals surface area (Å²) in [5.41, 5.74) is 0. The van der Waals surface area contributed by atoms with Gasteiger partial charge < -0.3 is 10.1 Å². The molecule has 0 aliphatic heterocycles. The summed E-state index contributed by atoms with van der Waals surface area (Å²) in [6.45, 7) is 1.70. The second-order valence-electron chi connectivity index (χ2n) is 5.18. The Morgan fingerprint density at radius 2 is 2.25 bits per heavy atom. The van der Waals surface area contributed by atoms with E-state index in [0.29, 0.717) is 19.3 Å². The van der Waals surface area contributed by atoms with Crippen molar-refractivity contribution < 1.29 is 19.1 Å². The maximum Gasteiger partial charge on any atom is 0.328 e. The summed E-state index contributed by atoms with van der Waals surface area (Å²) in [4.78, 5) is 35.3. The molecule has 0 heterocycles. The van der Waals surface area contributed by atoms with Crippen LogP contribution in [0.1, 0.15) is 39.0 Å². The Bertz CT molecular complexity index is 424. The molecule has 0 radical (unpaired) electrons. The van der Waals surface area contributed by atoms with Gasteiger partial charge in [0.05, 0.1) is 7.11 Å². The number of hydrogen-bond donors (Lipinski definition) is 1. The monoisotopic (exact) mass is 279 g/mol. The summed E-state index contributed by atoms with van der Waals surface area (Å²) >= 11 is 0. The largest absolute Gasteiger partial charge is 0.467 e. The topological polar surface area (TPSA) is 72.5 Å². The molecule has 1 rings (SSSR count). The minimum Gasteiger partial charge on any atom is -0.467 e. The highest BCUT2D eigenvalue weighted by molar-refractivity contribution is 5.87. The van der Waals surface area contributed by atoms with Gasteiger partial charge in [-0.15, -0.1) is 12.3 Å². The van der Waals surface area contributed by atoms with Crippen LogP contribution in [-0.4, -0.2) is 30.8 Å². The minimum atomic E-state index is -0.778. The third kappa shape index (κ3) is 4.37. The number of hydrogen-bond acceptors (Lipinski definition) is 4. The lowest BCUT2D eigenvalue weighted by molar-refractivity contribution is -0.146. The van der Waals surface area contributed by atoms with E-state index in [1.54, 1.807) is 6.92 Å². The molecule has 1 N–H and O–H groups in total. The first-order chi connectivity index (χ1) is 9.49. The number of nitrogens with one attached hydrogen (secondary N) is 1. The van der Waals surface area contributed by atoms with Crippen LogP contribution in [0.25, 0.3) is 0 Å². The summed E-state index contributed by atoms with van der Waals surface area (Å²) in [6.07, 6.45) is 7.95. The molecule has 5 nitrogen and oxygen atoms in total. The zero-order valence-electron chi connectivity index (χ0n) is 12.0. The van der Waals surface area contributed by atoms with Gasteiger partial charge in [-0.2, -0.15) is 0 Å². The molecule has 0 bridgehead atoms. The predicted molar refractivity (Wildman–Crippen MR) is 73.5 cm³/mol. The lowest BCUT2D eigenvalue weighted by Gasteiger charge is -2.20. The van der Waals surface area contributed by atoms with Gasteiger partial charge in [-0.1, -0.05) is 6.92 Å². The van der Waals surface area contributed by atoms with Crippen LogP contribution < -0.4 is 5.32 Å². The first-order valence-electron chi connectivity index (χ1n) is 6.84. The molecule has 20 heavy (non-hydrogen) atoms. The Balaban J connectivity index is 2.65. The number of Topliss-reactive ketones (excluding diaryl/α,β-unsaturated/α-hetero) is 1. The molecule has 0 saturated heterocycles. The van der Waals surface area contributed by atoms with Crippen molar-refractivity contribution in [3.8, 4) is 12.3 Å². The van der Waals surface area contributed by atoms with Crippen molar-refractivity contribution in [2.75, 3.05) is 7.11 Å². The Morgan fingerprint density at radius 3 is 2.75 bits per heavy atom. The van der Waals surface area contributed by atoms with Gasteiger partial charge in [0.1, 0.15) is 11.8 Å². The number of esters is 1. The SMILES string of the molecule is C#CC[C@H](C)C(=O)N[C@@H](C[C@@H]1CCCC1=O)C(=O)OC. The first-order valence-corrected chi connectivity index (χ1v) is 6.84. The van der Waals surface area contributed by atoms with Crippen molar-refractivity contribution in [1.82, 2.24) is 5.32 Å². The molecule has 0 aromatic carbocycles. The van der Waals surface area contributed by atoms with Crippen LogP contribution in [0, 0.1) is 24.2 Å². The third-order valence-corrected chi connectivity index (χ3v) is 3.63. The first kappa shape index (κ1) is 16.2. The number of carbonyl (C=O) groups excluding carboxylic acids is 3. The van der Waals surface area contributed by atoms with Gasteiger partial charge in [-0.25, -0.2) is 4.79 Å². The highest BCUT2D eigenvalue weighted by Crippen LogP contribution is 2.25. The van der Waals surface area contributed by atoms with Crippen LogP contribution in [0.5, 0.6) is 0 Å². The van der Waals surface area contributed by atoms with E-state index in [-0.39, 0.29) is 23.5 Å². The molecule has 1 saturated carbocycles. The lowest BCUT2D eigenvalue weighted by atomic mass is 9.96.